The van der Waals surface area contributed by atoms with E-state index in [1.807, 2.05) is 56.4 Å². The minimum Gasteiger partial charge on any atom is -0.367 e. The predicted octanol–water partition coefficient (Wildman–Crippen LogP) is 13.6. The minimum atomic E-state index is 0.348. The Balaban J connectivity index is 0.00000372. The fourth-order valence-corrected chi connectivity index (χ4v) is 6.17. The average molecular weight is 720 g/mol. The van der Waals surface area contributed by atoms with E-state index in [1.165, 1.54) is 28.0 Å². The van der Waals surface area contributed by atoms with Crippen molar-refractivity contribution in [2.24, 2.45) is 10.9 Å². The first-order valence-electron chi connectivity index (χ1n) is 18.5. The van der Waals surface area contributed by atoms with Crippen molar-refractivity contribution in [1.29, 1.82) is 0 Å². The van der Waals surface area contributed by atoms with Gasteiger partial charge in [-0.1, -0.05) is 161 Å². The standard InChI is InChI=1S/C47H51N3S.C2H6/c1-7-9-10-11-15-32-49(46-30-27-43(35-39(46)5)42-25-23-41(24-26-42)38(4)18-14-16-34-51)33-31-40(17-8-2)36-50(44-28-21-37(3)22-29-44)47-20-13-12-19-45(47)48-6;1-2/h7-31,34,39,51H,1,4,6,32-33,35-36H2,2-3,5H3;1-2H3/b10-9-,15-11-,17-8-,18-14-,34-16-,40-31+;. The van der Waals surface area contributed by atoms with Crippen LogP contribution in [0.4, 0.5) is 17.1 Å². The third-order valence-electron chi connectivity index (χ3n) is 8.78. The van der Waals surface area contributed by atoms with Gasteiger partial charge in [-0.25, -0.2) is 0 Å². The number of benzene rings is 3. The summed E-state index contributed by atoms with van der Waals surface area (Å²) in [6.45, 7) is 24.6. The molecule has 274 valence electrons. The Hall–Kier alpha value is -5.32. The highest BCUT2D eigenvalue weighted by atomic mass is 32.1. The molecule has 1 unspecified atom stereocenters. The molecule has 4 rings (SSSR count). The molecule has 3 nitrogen and oxygen atoms in total. The van der Waals surface area contributed by atoms with Crippen molar-refractivity contribution in [3.05, 3.63) is 198 Å². The van der Waals surface area contributed by atoms with Gasteiger partial charge in [0.25, 0.3) is 0 Å². The first-order chi connectivity index (χ1) is 25.9. The van der Waals surface area contributed by atoms with E-state index < -0.39 is 0 Å². The van der Waals surface area contributed by atoms with Gasteiger partial charge in [0.15, 0.2) is 0 Å². The lowest BCUT2D eigenvalue weighted by Crippen LogP contribution is -2.29. The van der Waals surface area contributed by atoms with Crippen LogP contribution in [-0.4, -0.2) is 31.3 Å². The lowest BCUT2D eigenvalue weighted by atomic mass is 9.87. The molecule has 0 fully saturated rings. The summed E-state index contributed by atoms with van der Waals surface area (Å²) in [5.41, 5.74) is 11.5. The van der Waals surface area contributed by atoms with Crippen LogP contribution in [-0.2, 0) is 0 Å². The van der Waals surface area contributed by atoms with Crippen molar-refractivity contribution in [3.8, 4) is 0 Å². The summed E-state index contributed by atoms with van der Waals surface area (Å²) in [4.78, 5) is 9.17. The summed E-state index contributed by atoms with van der Waals surface area (Å²) in [7, 11) is 0. The number of allylic oxidation sites excluding steroid dienone is 13. The molecule has 0 spiro atoms. The van der Waals surface area contributed by atoms with Crippen LogP contribution in [0.1, 0.15) is 50.8 Å². The van der Waals surface area contributed by atoms with E-state index >= 15 is 0 Å². The highest BCUT2D eigenvalue weighted by molar-refractivity contribution is 7.83. The van der Waals surface area contributed by atoms with Gasteiger partial charge in [-0.3, -0.25) is 4.99 Å². The zero-order valence-electron chi connectivity index (χ0n) is 32.3. The molecule has 0 amide bonds. The molecule has 1 atom stereocenters. The van der Waals surface area contributed by atoms with E-state index in [9.17, 15) is 0 Å². The molecule has 0 saturated heterocycles. The first-order valence-corrected chi connectivity index (χ1v) is 19.0. The summed E-state index contributed by atoms with van der Waals surface area (Å²) < 4.78 is 0. The number of aliphatic imine (C=N–C) groups is 1. The quantitative estimate of drug-likeness (QED) is 0.0851. The number of anilines is 2. The Morgan fingerprint density at radius 1 is 0.887 bits per heavy atom. The van der Waals surface area contributed by atoms with Crippen LogP contribution in [0.15, 0.2) is 187 Å². The molecule has 4 heteroatoms. The van der Waals surface area contributed by atoms with E-state index in [2.05, 4.69) is 171 Å². The SMILES string of the molecule is C=C/C=C\C=C/CN(C/C=C(\C=C/C)CN(c1ccc(C)cc1)c1ccccc1N=C)C1=CC=C(c2ccc(C(=C)/C=C\C=C/S)cc2)CC1C.CC. The molecule has 3 aromatic carbocycles. The van der Waals surface area contributed by atoms with Crippen LogP contribution >= 0.6 is 12.6 Å². The highest BCUT2D eigenvalue weighted by Crippen LogP contribution is 2.36. The number of aryl methyl sites for hydroxylation is 1. The smallest absolute Gasteiger partial charge is 0.0859 e. The zero-order chi connectivity index (χ0) is 38.4. The van der Waals surface area contributed by atoms with Gasteiger partial charge in [0.1, 0.15) is 0 Å². The van der Waals surface area contributed by atoms with Crippen LogP contribution in [0.3, 0.4) is 0 Å². The third-order valence-corrected chi connectivity index (χ3v) is 8.95. The van der Waals surface area contributed by atoms with Gasteiger partial charge in [-0.15, -0.1) is 0 Å². The van der Waals surface area contributed by atoms with Crippen LogP contribution in [0.2, 0.25) is 0 Å². The Kier molecular flexibility index (Phi) is 18.5. The largest absolute Gasteiger partial charge is 0.367 e. The van der Waals surface area contributed by atoms with Crippen LogP contribution in [0.5, 0.6) is 0 Å². The molecule has 1 aliphatic rings. The average Bonchev–Trinajstić information content (AvgIpc) is 3.19. The summed E-state index contributed by atoms with van der Waals surface area (Å²) in [6, 6.07) is 25.6. The van der Waals surface area contributed by atoms with Gasteiger partial charge in [0, 0.05) is 36.9 Å². The van der Waals surface area contributed by atoms with E-state index in [0.29, 0.717) is 12.5 Å². The van der Waals surface area contributed by atoms with Crippen LogP contribution in [0, 0.1) is 12.8 Å². The number of nitrogens with zero attached hydrogens (tertiary/aromatic N) is 3. The van der Waals surface area contributed by atoms with Crippen molar-refractivity contribution in [2.45, 2.75) is 41.0 Å². The summed E-state index contributed by atoms with van der Waals surface area (Å²) in [6.07, 6.45) is 28.2. The molecule has 0 bridgehead atoms. The maximum Gasteiger partial charge on any atom is 0.0859 e. The zero-order valence-corrected chi connectivity index (χ0v) is 33.2. The first kappa shape index (κ1) is 42.1. The fraction of sp³-hybridized carbons (Fsp3) is 0.204. The number of para-hydroxylation sites is 2. The van der Waals surface area contributed by atoms with E-state index in [-0.39, 0.29) is 0 Å². The molecule has 0 saturated carbocycles. The number of rotatable bonds is 17. The van der Waals surface area contributed by atoms with Crippen molar-refractivity contribution in [1.82, 2.24) is 4.90 Å². The molecule has 3 aromatic rings. The summed E-state index contributed by atoms with van der Waals surface area (Å²) in [5.74, 6) is 0.348. The van der Waals surface area contributed by atoms with Gasteiger partial charge >= 0.3 is 0 Å². The third kappa shape index (κ3) is 13.0. The molecule has 0 aliphatic heterocycles. The Morgan fingerprint density at radius 2 is 1.62 bits per heavy atom. The van der Waals surface area contributed by atoms with Crippen LogP contribution < -0.4 is 4.90 Å². The second kappa shape index (κ2) is 23.3. The molecule has 0 N–H and O–H groups in total. The van der Waals surface area contributed by atoms with Gasteiger partial charge in [0.05, 0.1) is 11.4 Å². The van der Waals surface area contributed by atoms with E-state index in [1.54, 1.807) is 11.5 Å². The number of hydrogen-bond acceptors (Lipinski definition) is 4. The van der Waals surface area contributed by atoms with Gasteiger partial charge in [-0.2, -0.15) is 12.6 Å². The van der Waals surface area contributed by atoms with Gasteiger partial charge < -0.3 is 9.80 Å². The molecular formula is C49H57N3S. The van der Waals surface area contributed by atoms with Crippen molar-refractivity contribution >= 4 is 47.6 Å². The Labute approximate surface area is 326 Å². The lowest BCUT2D eigenvalue weighted by Gasteiger charge is -2.33. The molecule has 1 aliphatic carbocycles. The normalized spacial score (nSPS) is 14.8. The summed E-state index contributed by atoms with van der Waals surface area (Å²) in [5, 5.41) is 1.71. The van der Waals surface area contributed by atoms with E-state index in [0.717, 1.165) is 47.7 Å². The lowest BCUT2D eigenvalue weighted by molar-refractivity contribution is 0.366. The topological polar surface area (TPSA) is 18.8 Å². The number of hydrogen-bond donors (Lipinski definition) is 1. The van der Waals surface area contributed by atoms with Crippen molar-refractivity contribution in [2.75, 3.05) is 24.5 Å². The molecule has 53 heavy (non-hydrogen) atoms. The van der Waals surface area contributed by atoms with Crippen molar-refractivity contribution in [3.63, 3.8) is 0 Å². The van der Waals surface area contributed by atoms with E-state index in [4.69, 9.17) is 0 Å². The monoisotopic (exact) mass is 719 g/mol. The Morgan fingerprint density at radius 3 is 2.28 bits per heavy atom. The maximum atomic E-state index is 4.36. The van der Waals surface area contributed by atoms with Crippen LogP contribution in [0.25, 0.3) is 11.1 Å². The maximum absolute atomic E-state index is 4.36. The highest BCUT2D eigenvalue weighted by Gasteiger charge is 2.21. The molecule has 0 heterocycles. The minimum absolute atomic E-state index is 0.348. The van der Waals surface area contributed by atoms with Crippen molar-refractivity contribution < 1.29 is 0 Å². The molecule has 0 radical (unpaired) electrons. The fourth-order valence-electron chi connectivity index (χ4n) is 6.07. The Bertz CT molecular complexity index is 1880. The predicted molar refractivity (Wildman–Crippen MR) is 241 cm³/mol. The second-order valence-corrected chi connectivity index (χ2v) is 12.8. The van der Waals surface area contributed by atoms with Gasteiger partial charge in [-0.05, 0) is 90.6 Å². The summed E-state index contributed by atoms with van der Waals surface area (Å²) >= 11 is 4.12. The molecular weight excluding hydrogens is 663 g/mol. The van der Waals surface area contributed by atoms with Gasteiger partial charge in [0.2, 0.25) is 0 Å². The second-order valence-electron chi connectivity index (χ2n) is 12.5. The number of thiol groups is 1. The molecule has 0 aromatic heterocycles.